The van der Waals surface area contributed by atoms with E-state index >= 15 is 0 Å². The monoisotopic (exact) mass is 280 g/mol. The Labute approximate surface area is 124 Å². The van der Waals surface area contributed by atoms with Gasteiger partial charge in [0.2, 0.25) is 0 Å². The highest BCUT2D eigenvalue weighted by atomic mass is 16.5. The molecule has 0 fully saturated rings. The summed E-state index contributed by atoms with van der Waals surface area (Å²) >= 11 is 0. The maximum absolute atomic E-state index is 11.9. The molecule has 0 amide bonds. The van der Waals surface area contributed by atoms with E-state index in [1.165, 1.54) is 0 Å². The Morgan fingerprint density at radius 2 is 2.00 bits per heavy atom. The second-order valence-corrected chi connectivity index (χ2v) is 5.02. The summed E-state index contributed by atoms with van der Waals surface area (Å²) in [6.45, 7) is 2.01. The van der Waals surface area contributed by atoms with Crippen molar-refractivity contribution in [1.82, 2.24) is 0 Å². The van der Waals surface area contributed by atoms with Crippen LogP contribution in [0.4, 0.5) is 0 Å². The van der Waals surface area contributed by atoms with Gasteiger partial charge in [-0.25, -0.2) is 4.79 Å². The molecule has 0 spiro atoms. The zero-order chi connectivity index (χ0) is 15.3. The second-order valence-electron chi connectivity index (χ2n) is 5.02. The van der Waals surface area contributed by atoms with Crippen molar-refractivity contribution in [3.8, 4) is 12.1 Å². The average Bonchev–Trinajstić information content (AvgIpc) is 2.55. The highest BCUT2D eigenvalue weighted by Crippen LogP contribution is 2.46. The van der Waals surface area contributed by atoms with Crippen LogP contribution in [0.5, 0.6) is 0 Å². The number of carbonyl (C=O) groups is 1. The maximum atomic E-state index is 11.9. The van der Waals surface area contributed by atoms with Crippen LogP contribution >= 0.6 is 0 Å². The van der Waals surface area contributed by atoms with Crippen molar-refractivity contribution < 1.29 is 9.53 Å². The molecule has 0 saturated carbocycles. The van der Waals surface area contributed by atoms with Crippen LogP contribution in [0.2, 0.25) is 0 Å². The summed E-state index contributed by atoms with van der Waals surface area (Å²) in [7, 11) is 0. The number of nitriles is 2. The van der Waals surface area contributed by atoms with E-state index in [1.54, 1.807) is 13.0 Å². The molecule has 1 aliphatic carbocycles. The van der Waals surface area contributed by atoms with Crippen molar-refractivity contribution in [1.29, 1.82) is 10.5 Å². The summed E-state index contributed by atoms with van der Waals surface area (Å²) in [5, 5.41) is 19.1. The van der Waals surface area contributed by atoms with Crippen LogP contribution < -0.4 is 0 Å². The number of hydrogen-bond donors (Lipinski definition) is 0. The summed E-state index contributed by atoms with van der Waals surface area (Å²) in [6.07, 6.45) is 2.39. The molecule has 4 nitrogen and oxygen atoms in total. The zero-order valence-corrected chi connectivity index (χ0v) is 11.9. The van der Waals surface area contributed by atoms with Crippen LogP contribution in [-0.4, -0.2) is 12.6 Å². The fraction of sp³-hybridized carbons (Fsp3) is 0.353. The number of hydrogen-bond acceptors (Lipinski definition) is 4. The van der Waals surface area contributed by atoms with Crippen LogP contribution in [0.3, 0.4) is 0 Å². The van der Waals surface area contributed by atoms with Gasteiger partial charge in [-0.2, -0.15) is 10.5 Å². The van der Waals surface area contributed by atoms with E-state index in [-0.39, 0.29) is 18.9 Å². The van der Waals surface area contributed by atoms with E-state index in [0.29, 0.717) is 12.0 Å². The number of rotatable bonds is 3. The predicted octanol–water partition coefficient (Wildman–Crippen LogP) is 3.09. The number of allylic oxidation sites excluding steroid dienone is 1. The lowest BCUT2D eigenvalue weighted by atomic mass is 9.65. The Balaban J connectivity index is 2.38. The molecule has 106 valence electrons. The van der Waals surface area contributed by atoms with Crippen molar-refractivity contribution in [3.63, 3.8) is 0 Å². The molecule has 1 unspecified atom stereocenters. The Kier molecular flexibility index (Phi) is 4.40. The first kappa shape index (κ1) is 14.8. The maximum Gasteiger partial charge on any atom is 0.333 e. The number of ether oxygens (including phenoxy) is 1. The average molecular weight is 280 g/mol. The molecule has 21 heavy (non-hydrogen) atoms. The van der Waals surface area contributed by atoms with Gasteiger partial charge in [0.15, 0.2) is 5.41 Å². The van der Waals surface area contributed by atoms with E-state index in [1.807, 2.05) is 30.3 Å². The summed E-state index contributed by atoms with van der Waals surface area (Å²) in [5.41, 5.74) is 0.143. The van der Waals surface area contributed by atoms with Crippen molar-refractivity contribution in [3.05, 3.63) is 47.5 Å². The molecule has 0 aromatic heterocycles. The summed E-state index contributed by atoms with van der Waals surface area (Å²) < 4.78 is 4.98. The summed E-state index contributed by atoms with van der Waals surface area (Å²) in [6, 6.07) is 13.8. The largest absolute Gasteiger partial charge is 0.463 e. The number of benzene rings is 1. The van der Waals surface area contributed by atoms with Gasteiger partial charge in [0.1, 0.15) is 0 Å². The van der Waals surface area contributed by atoms with Gasteiger partial charge in [-0.15, -0.1) is 0 Å². The fourth-order valence-corrected chi connectivity index (χ4v) is 2.70. The smallest absolute Gasteiger partial charge is 0.333 e. The van der Waals surface area contributed by atoms with Gasteiger partial charge in [-0.1, -0.05) is 36.4 Å². The lowest BCUT2D eigenvalue weighted by molar-refractivity contribution is -0.139. The highest BCUT2D eigenvalue weighted by Gasteiger charge is 2.44. The summed E-state index contributed by atoms with van der Waals surface area (Å²) in [4.78, 5) is 11.9. The number of nitrogens with zero attached hydrogens (tertiary/aromatic N) is 2. The number of carbonyl (C=O) groups excluding carboxylic acids is 1. The molecule has 0 aliphatic heterocycles. The predicted molar refractivity (Wildman–Crippen MR) is 76.8 cm³/mol. The second kappa shape index (κ2) is 6.24. The van der Waals surface area contributed by atoms with Crippen LogP contribution in [0.25, 0.3) is 0 Å². The van der Waals surface area contributed by atoms with Crippen molar-refractivity contribution in [2.24, 2.45) is 5.41 Å². The Morgan fingerprint density at radius 3 is 2.57 bits per heavy atom. The SMILES string of the molecule is CCOC(=O)C1=CCC(c2ccccc2)C(C#N)(C#N)C1. The third-order valence-electron chi connectivity index (χ3n) is 3.80. The van der Waals surface area contributed by atoms with Crippen LogP contribution in [0, 0.1) is 28.1 Å². The molecular weight excluding hydrogens is 264 g/mol. The van der Waals surface area contributed by atoms with Gasteiger partial charge < -0.3 is 4.74 Å². The van der Waals surface area contributed by atoms with E-state index in [9.17, 15) is 15.3 Å². The molecule has 1 aromatic rings. The Morgan fingerprint density at radius 1 is 1.33 bits per heavy atom. The third kappa shape index (κ3) is 2.80. The minimum atomic E-state index is -1.22. The minimum Gasteiger partial charge on any atom is -0.463 e. The van der Waals surface area contributed by atoms with Gasteiger partial charge in [-0.05, 0) is 18.9 Å². The Hall–Kier alpha value is -2.59. The number of esters is 1. The highest BCUT2D eigenvalue weighted by molar-refractivity contribution is 5.89. The standard InChI is InChI=1S/C17H16N2O2/c1-2-21-16(20)14-8-9-15(13-6-4-3-5-7-13)17(10-14,11-18)12-19/h3-8,15H,2,9-10H2,1H3. The third-order valence-corrected chi connectivity index (χ3v) is 3.80. The van der Waals surface area contributed by atoms with Gasteiger partial charge in [0.25, 0.3) is 0 Å². The van der Waals surface area contributed by atoms with Gasteiger partial charge >= 0.3 is 5.97 Å². The van der Waals surface area contributed by atoms with E-state index < -0.39 is 11.4 Å². The molecule has 0 bridgehead atoms. The first-order valence-corrected chi connectivity index (χ1v) is 6.90. The van der Waals surface area contributed by atoms with E-state index in [0.717, 1.165) is 5.56 Å². The minimum absolute atomic E-state index is 0.110. The first-order chi connectivity index (χ1) is 10.2. The lowest BCUT2D eigenvalue weighted by Crippen LogP contribution is -2.31. The molecule has 1 atom stereocenters. The van der Waals surface area contributed by atoms with Gasteiger partial charge in [-0.3, -0.25) is 0 Å². The van der Waals surface area contributed by atoms with E-state index in [2.05, 4.69) is 12.1 Å². The molecular formula is C17H16N2O2. The quantitative estimate of drug-likeness (QED) is 0.797. The van der Waals surface area contributed by atoms with Crippen molar-refractivity contribution in [2.45, 2.75) is 25.7 Å². The summed E-state index contributed by atoms with van der Waals surface area (Å²) in [5.74, 6) is -0.661. The van der Waals surface area contributed by atoms with Gasteiger partial charge in [0.05, 0.1) is 18.7 Å². The zero-order valence-electron chi connectivity index (χ0n) is 11.9. The lowest BCUT2D eigenvalue weighted by Gasteiger charge is -2.33. The molecule has 0 heterocycles. The Bertz CT molecular complexity index is 621. The van der Waals surface area contributed by atoms with Crippen molar-refractivity contribution in [2.75, 3.05) is 6.61 Å². The normalized spacial score (nSPS) is 19.8. The van der Waals surface area contributed by atoms with Crippen LogP contribution in [0.1, 0.15) is 31.2 Å². The molecule has 0 saturated heterocycles. The van der Waals surface area contributed by atoms with Gasteiger partial charge in [0, 0.05) is 17.9 Å². The molecule has 1 aromatic carbocycles. The molecule has 0 N–H and O–H groups in total. The molecule has 0 radical (unpaired) electrons. The van der Waals surface area contributed by atoms with Crippen molar-refractivity contribution >= 4 is 5.97 Å². The topological polar surface area (TPSA) is 73.9 Å². The molecule has 2 rings (SSSR count). The molecule has 4 heteroatoms. The van der Waals surface area contributed by atoms with Crippen LogP contribution in [0.15, 0.2) is 42.0 Å². The fourth-order valence-electron chi connectivity index (χ4n) is 2.70. The molecule has 1 aliphatic rings. The first-order valence-electron chi connectivity index (χ1n) is 6.90. The van der Waals surface area contributed by atoms with E-state index in [4.69, 9.17) is 4.74 Å². The van der Waals surface area contributed by atoms with Crippen LogP contribution in [-0.2, 0) is 9.53 Å².